The van der Waals surface area contributed by atoms with Gasteiger partial charge in [-0.25, -0.2) is 0 Å². The Morgan fingerprint density at radius 1 is 1.25 bits per heavy atom. The van der Waals surface area contributed by atoms with Crippen molar-refractivity contribution in [3.05, 3.63) is 63.4 Å². The smallest absolute Gasteiger partial charge is 0.0705 e. The lowest BCUT2D eigenvalue weighted by Crippen LogP contribution is -2.29. The zero-order chi connectivity index (χ0) is 13.9. The minimum absolute atomic E-state index is 0.0130. The van der Waals surface area contributed by atoms with Gasteiger partial charge >= 0.3 is 0 Å². The molecule has 3 N–H and O–H groups in total. The van der Waals surface area contributed by atoms with Crippen molar-refractivity contribution in [2.45, 2.75) is 12.5 Å². The number of fused-ring (bicyclic) bond motifs is 1. The number of nitrogens with zero attached hydrogens (tertiary/aromatic N) is 1. The molecule has 1 aromatic carbocycles. The molecule has 0 spiro atoms. The first-order chi connectivity index (χ1) is 9.79. The normalized spacial score (nSPS) is 12.7. The molecule has 0 radical (unpaired) electrons. The Morgan fingerprint density at radius 2 is 2.15 bits per heavy atom. The van der Waals surface area contributed by atoms with Crippen LogP contribution in [-0.4, -0.2) is 4.98 Å². The van der Waals surface area contributed by atoms with Gasteiger partial charge in [0.05, 0.1) is 16.6 Å². The average Bonchev–Trinajstić information content (AvgIpc) is 2.89. The molecule has 102 valence electrons. The van der Waals surface area contributed by atoms with Crippen LogP contribution in [-0.2, 0) is 6.42 Å². The Balaban J connectivity index is 2.01. The van der Waals surface area contributed by atoms with Crippen molar-refractivity contribution in [1.29, 1.82) is 0 Å². The van der Waals surface area contributed by atoms with Gasteiger partial charge in [-0.2, -0.15) is 0 Å². The number of rotatable bonds is 4. The molecular weight excluding hydrogens is 290 g/mol. The fourth-order valence-corrected chi connectivity index (χ4v) is 3.51. The van der Waals surface area contributed by atoms with Gasteiger partial charge in [0.2, 0.25) is 0 Å². The molecule has 0 aliphatic carbocycles. The largest absolute Gasteiger partial charge is 0.271 e. The fourth-order valence-electron chi connectivity index (χ4n) is 2.35. The molecule has 3 aromatic rings. The van der Waals surface area contributed by atoms with Crippen LogP contribution in [0.2, 0.25) is 5.02 Å². The summed E-state index contributed by atoms with van der Waals surface area (Å²) in [6.07, 6.45) is 2.56. The third-order valence-corrected chi connectivity index (χ3v) is 4.75. The van der Waals surface area contributed by atoms with E-state index in [4.69, 9.17) is 17.4 Å². The van der Waals surface area contributed by atoms with E-state index in [9.17, 15) is 0 Å². The van der Waals surface area contributed by atoms with Crippen LogP contribution in [0.4, 0.5) is 0 Å². The minimum atomic E-state index is 0.0130. The van der Waals surface area contributed by atoms with Crippen molar-refractivity contribution in [2.24, 2.45) is 5.84 Å². The lowest BCUT2D eigenvalue weighted by atomic mass is 9.99. The Hall–Kier alpha value is -1.46. The summed E-state index contributed by atoms with van der Waals surface area (Å²) in [5.41, 5.74) is 5.01. The van der Waals surface area contributed by atoms with Gasteiger partial charge in [-0.1, -0.05) is 29.8 Å². The second-order valence-electron chi connectivity index (χ2n) is 4.53. The molecular formula is C15H14ClN3S. The van der Waals surface area contributed by atoms with Crippen LogP contribution in [0.5, 0.6) is 0 Å². The first-order valence-corrected chi connectivity index (χ1v) is 7.57. The first kappa shape index (κ1) is 13.5. The molecule has 0 fully saturated rings. The Kier molecular flexibility index (Phi) is 3.98. The average molecular weight is 304 g/mol. The number of nitrogens with one attached hydrogen (secondary N) is 1. The van der Waals surface area contributed by atoms with Crippen LogP contribution < -0.4 is 11.3 Å². The van der Waals surface area contributed by atoms with Gasteiger partial charge in [-0.15, -0.1) is 11.3 Å². The van der Waals surface area contributed by atoms with Gasteiger partial charge in [0, 0.05) is 22.9 Å². The summed E-state index contributed by atoms with van der Waals surface area (Å²) >= 11 is 7.83. The Morgan fingerprint density at radius 3 is 2.90 bits per heavy atom. The van der Waals surface area contributed by atoms with Crippen LogP contribution in [0.3, 0.4) is 0 Å². The predicted molar refractivity (Wildman–Crippen MR) is 84.8 cm³/mol. The summed E-state index contributed by atoms with van der Waals surface area (Å²) < 4.78 is 0. The summed E-state index contributed by atoms with van der Waals surface area (Å²) in [7, 11) is 0. The maximum atomic E-state index is 6.18. The molecule has 2 heterocycles. The number of halogens is 1. The van der Waals surface area contributed by atoms with Gasteiger partial charge in [-0.05, 0) is 29.1 Å². The summed E-state index contributed by atoms with van der Waals surface area (Å²) in [5.74, 6) is 5.75. The first-order valence-electron chi connectivity index (χ1n) is 6.31. The lowest BCUT2D eigenvalue weighted by molar-refractivity contribution is 0.559. The van der Waals surface area contributed by atoms with E-state index in [1.54, 1.807) is 17.5 Å². The van der Waals surface area contributed by atoms with E-state index in [2.05, 4.69) is 22.5 Å². The predicted octanol–water partition coefficient (Wildman–Crippen LogP) is 3.70. The maximum absolute atomic E-state index is 6.18. The van der Waals surface area contributed by atoms with Gasteiger partial charge in [-0.3, -0.25) is 16.3 Å². The molecule has 0 bridgehead atoms. The van der Waals surface area contributed by atoms with Crippen molar-refractivity contribution < 1.29 is 0 Å². The van der Waals surface area contributed by atoms with Crippen molar-refractivity contribution in [2.75, 3.05) is 0 Å². The molecule has 1 atom stereocenters. The number of benzene rings is 1. The SMILES string of the molecule is NNC(Cc1sccc1Cl)c1cccc2ncccc12. The van der Waals surface area contributed by atoms with E-state index < -0.39 is 0 Å². The van der Waals surface area contributed by atoms with Crippen LogP contribution in [0.1, 0.15) is 16.5 Å². The zero-order valence-electron chi connectivity index (χ0n) is 10.7. The van der Waals surface area contributed by atoms with Crippen LogP contribution in [0, 0.1) is 0 Å². The van der Waals surface area contributed by atoms with Gasteiger partial charge in [0.25, 0.3) is 0 Å². The van der Waals surface area contributed by atoms with Crippen molar-refractivity contribution in [3.8, 4) is 0 Å². The van der Waals surface area contributed by atoms with Crippen LogP contribution >= 0.6 is 22.9 Å². The van der Waals surface area contributed by atoms with E-state index in [0.717, 1.165) is 32.8 Å². The third-order valence-electron chi connectivity index (χ3n) is 3.34. The number of hydrazine groups is 1. The number of pyridine rings is 1. The standard InChI is InChI=1S/C15H14ClN3S/c16-12-6-8-20-15(12)9-14(19-17)11-3-1-5-13-10(11)4-2-7-18-13/h1-8,14,19H,9,17H2. The van der Waals surface area contributed by atoms with Gasteiger partial charge in [0.1, 0.15) is 0 Å². The van der Waals surface area contributed by atoms with Crippen LogP contribution in [0.15, 0.2) is 48.0 Å². The van der Waals surface area contributed by atoms with Gasteiger partial charge < -0.3 is 0 Å². The molecule has 2 aromatic heterocycles. The van der Waals surface area contributed by atoms with Gasteiger partial charge in [0.15, 0.2) is 0 Å². The lowest BCUT2D eigenvalue weighted by Gasteiger charge is -2.17. The highest BCUT2D eigenvalue weighted by molar-refractivity contribution is 7.10. The van der Waals surface area contributed by atoms with Crippen molar-refractivity contribution in [3.63, 3.8) is 0 Å². The topological polar surface area (TPSA) is 50.9 Å². The molecule has 0 saturated carbocycles. The summed E-state index contributed by atoms with van der Waals surface area (Å²) in [6, 6.07) is 12.0. The molecule has 0 aliphatic rings. The number of nitrogens with two attached hydrogens (primary N) is 1. The second kappa shape index (κ2) is 5.89. The maximum Gasteiger partial charge on any atom is 0.0705 e. The highest BCUT2D eigenvalue weighted by Crippen LogP contribution is 2.30. The molecule has 0 saturated heterocycles. The van der Waals surface area contributed by atoms with E-state index >= 15 is 0 Å². The number of hydrogen-bond donors (Lipinski definition) is 2. The molecule has 1 unspecified atom stereocenters. The van der Waals surface area contributed by atoms with Crippen molar-refractivity contribution in [1.82, 2.24) is 10.4 Å². The fraction of sp³-hybridized carbons (Fsp3) is 0.133. The second-order valence-corrected chi connectivity index (χ2v) is 5.94. The van der Waals surface area contributed by atoms with Crippen LogP contribution in [0.25, 0.3) is 10.9 Å². The third kappa shape index (κ3) is 2.55. The summed E-state index contributed by atoms with van der Waals surface area (Å²) in [4.78, 5) is 5.52. The van der Waals surface area contributed by atoms with E-state index in [0.29, 0.717) is 0 Å². The zero-order valence-corrected chi connectivity index (χ0v) is 12.3. The molecule has 3 nitrogen and oxygen atoms in total. The molecule has 0 aliphatic heterocycles. The molecule has 0 amide bonds. The monoisotopic (exact) mass is 303 g/mol. The van der Waals surface area contributed by atoms with E-state index in [1.165, 1.54) is 0 Å². The molecule has 20 heavy (non-hydrogen) atoms. The number of hydrogen-bond acceptors (Lipinski definition) is 4. The number of thiophene rings is 1. The summed E-state index contributed by atoms with van der Waals surface area (Å²) in [6.45, 7) is 0. The molecule has 3 rings (SSSR count). The minimum Gasteiger partial charge on any atom is -0.271 e. The highest BCUT2D eigenvalue weighted by atomic mass is 35.5. The Labute approximate surface area is 126 Å². The van der Waals surface area contributed by atoms with Crippen molar-refractivity contribution >= 4 is 33.8 Å². The Bertz CT molecular complexity index is 720. The molecule has 5 heteroatoms. The highest BCUT2D eigenvalue weighted by Gasteiger charge is 2.16. The van der Waals surface area contributed by atoms with E-state index in [-0.39, 0.29) is 6.04 Å². The summed E-state index contributed by atoms with van der Waals surface area (Å²) in [5, 5.41) is 3.91. The van der Waals surface area contributed by atoms with E-state index in [1.807, 2.05) is 29.6 Å². The quantitative estimate of drug-likeness (QED) is 0.571. The number of aromatic nitrogens is 1.